The normalized spacial score (nSPS) is 12.0. The highest BCUT2D eigenvalue weighted by Gasteiger charge is 2.09. The molecule has 74 valence electrons. The number of aromatic nitrogens is 1. The number of hydrogen-bond donors (Lipinski definition) is 2. The highest BCUT2D eigenvalue weighted by molar-refractivity contribution is 7.09. The Labute approximate surface area is 82.8 Å². The zero-order chi connectivity index (χ0) is 9.90. The molecule has 0 amide bonds. The summed E-state index contributed by atoms with van der Waals surface area (Å²) < 4.78 is 0. The van der Waals surface area contributed by atoms with Gasteiger partial charge >= 0.3 is 0 Å². The van der Waals surface area contributed by atoms with Crippen LogP contribution in [0.15, 0.2) is 5.38 Å². The van der Waals surface area contributed by atoms with Gasteiger partial charge in [-0.3, -0.25) is 0 Å². The largest absolute Gasteiger partial charge is 0.390 e. The molecule has 0 aliphatic rings. The van der Waals surface area contributed by atoms with Crippen LogP contribution in [-0.4, -0.2) is 15.6 Å². The van der Waals surface area contributed by atoms with Crippen LogP contribution in [0.4, 0.5) is 0 Å². The van der Waals surface area contributed by atoms with E-state index in [1.165, 1.54) is 0 Å². The lowest BCUT2D eigenvalue weighted by atomic mass is 10.1. The summed E-state index contributed by atoms with van der Waals surface area (Å²) in [5.74, 6) is 0. The molecule has 3 nitrogen and oxygen atoms in total. The fourth-order valence-electron chi connectivity index (χ4n) is 0.844. The summed E-state index contributed by atoms with van der Waals surface area (Å²) in [4.78, 5) is 4.24. The number of hydrogen-bond acceptors (Lipinski definition) is 4. The van der Waals surface area contributed by atoms with E-state index in [-0.39, 0.29) is 12.1 Å². The molecular formula is C9H16N2OS. The maximum absolute atomic E-state index is 8.80. The molecule has 13 heavy (non-hydrogen) atoms. The minimum Gasteiger partial charge on any atom is -0.390 e. The summed E-state index contributed by atoms with van der Waals surface area (Å²) in [5, 5.41) is 15.1. The molecule has 4 heteroatoms. The predicted octanol–water partition coefficient (Wildman–Crippen LogP) is 1.52. The number of thiazole rings is 1. The molecule has 1 rings (SSSR count). The van der Waals surface area contributed by atoms with Crippen LogP contribution < -0.4 is 5.32 Å². The van der Waals surface area contributed by atoms with Crippen molar-refractivity contribution in [2.24, 2.45) is 0 Å². The smallest absolute Gasteiger partial charge is 0.107 e. The fourth-order valence-corrected chi connectivity index (χ4v) is 1.57. The van der Waals surface area contributed by atoms with Crippen LogP contribution >= 0.6 is 11.3 Å². The minimum absolute atomic E-state index is 0.0337. The molecular weight excluding hydrogens is 184 g/mol. The van der Waals surface area contributed by atoms with Crippen LogP contribution in [0.3, 0.4) is 0 Å². The van der Waals surface area contributed by atoms with E-state index in [2.05, 4.69) is 31.1 Å². The predicted molar refractivity (Wildman–Crippen MR) is 54.6 cm³/mol. The van der Waals surface area contributed by atoms with Gasteiger partial charge in [-0.1, -0.05) is 0 Å². The molecule has 0 atom stereocenters. The Morgan fingerprint density at radius 3 is 2.69 bits per heavy atom. The van der Waals surface area contributed by atoms with Gasteiger partial charge in [0.25, 0.3) is 0 Å². The average molecular weight is 200 g/mol. The Morgan fingerprint density at radius 2 is 2.23 bits per heavy atom. The lowest BCUT2D eigenvalue weighted by Crippen LogP contribution is -2.35. The Kier molecular flexibility index (Phi) is 3.41. The van der Waals surface area contributed by atoms with Gasteiger partial charge in [-0.15, -0.1) is 11.3 Å². The first-order chi connectivity index (χ1) is 6.01. The van der Waals surface area contributed by atoms with E-state index in [1.807, 2.05) is 5.38 Å². The van der Waals surface area contributed by atoms with Crippen molar-refractivity contribution < 1.29 is 5.11 Å². The number of rotatable bonds is 3. The van der Waals surface area contributed by atoms with E-state index in [1.54, 1.807) is 11.3 Å². The summed E-state index contributed by atoms with van der Waals surface area (Å²) >= 11 is 1.58. The maximum atomic E-state index is 8.80. The van der Waals surface area contributed by atoms with E-state index in [0.29, 0.717) is 0 Å². The quantitative estimate of drug-likeness (QED) is 0.777. The van der Waals surface area contributed by atoms with Crippen LogP contribution in [-0.2, 0) is 13.2 Å². The summed E-state index contributed by atoms with van der Waals surface area (Å²) in [6, 6.07) is 0. The molecule has 0 saturated heterocycles. The summed E-state index contributed by atoms with van der Waals surface area (Å²) in [6.07, 6.45) is 0. The molecule has 0 fully saturated rings. The number of aliphatic hydroxyl groups is 1. The van der Waals surface area contributed by atoms with Crippen molar-refractivity contribution in [3.05, 3.63) is 16.1 Å². The van der Waals surface area contributed by atoms with Crippen LogP contribution in [0.1, 0.15) is 31.5 Å². The summed E-state index contributed by atoms with van der Waals surface area (Å²) in [6.45, 7) is 7.16. The van der Waals surface area contributed by atoms with Crippen molar-refractivity contribution in [1.29, 1.82) is 0 Å². The first kappa shape index (κ1) is 10.6. The van der Waals surface area contributed by atoms with Gasteiger partial charge in [-0.25, -0.2) is 4.98 Å². The monoisotopic (exact) mass is 200 g/mol. The molecule has 0 aliphatic heterocycles. The van der Waals surface area contributed by atoms with Crippen LogP contribution in [0.2, 0.25) is 0 Å². The van der Waals surface area contributed by atoms with Crippen molar-refractivity contribution >= 4 is 11.3 Å². The van der Waals surface area contributed by atoms with Crippen molar-refractivity contribution in [1.82, 2.24) is 10.3 Å². The molecule has 0 aromatic carbocycles. The standard InChI is InChI=1S/C9H16N2OS/c1-9(2,3)10-4-8-11-7(5-12)6-13-8/h6,10,12H,4-5H2,1-3H3. The Morgan fingerprint density at radius 1 is 1.54 bits per heavy atom. The van der Waals surface area contributed by atoms with Gasteiger partial charge in [0.15, 0.2) is 0 Å². The number of nitrogens with one attached hydrogen (secondary N) is 1. The fraction of sp³-hybridized carbons (Fsp3) is 0.667. The second-order valence-electron chi connectivity index (χ2n) is 3.99. The van der Waals surface area contributed by atoms with Gasteiger partial charge in [-0.2, -0.15) is 0 Å². The molecule has 0 spiro atoms. The summed E-state index contributed by atoms with van der Waals surface area (Å²) in [5.41, 5.74) is 0.876. The molecule has 1 aromatic rings. The second kappa shape index (κ2) is 4.17. The topological polar surface area (TPSA) is 45.2 Å². The number of aliphatic hydroxyl groups excluding tert-OH is 1. The third kappa shape index (κ3) is 3.85. The van der Waals surface area contributed by atoms with Crippen molar-refractivity contribution in [3.63, 3.8) is 0 Å². The molecule has 0 bridgehead atoms. The molecule has 2 N–H and O–H groups in total. The van der Waals surface area contributed by atoms with Gasteiger partial charge in [-0.05, 0) is 20.8 Å². The SMILES string of the molecule is CC(C)(C)NCc1nc(CO)cs1. The Hall–Kier alpha value is -0.450. The van der Waals surface area contributed by atoms with E-state index < -0.39 is 0 Å². The van der Waals surface area contributed by atoms with Gasteiger partial charge in [0, 0.05) is 17.5 Å². The Balaban J connectivity index is 2.46. The third-order valence-electron chi connectivity index (χ3n) is 1.53. The molecule has 0 radical (unpaired) electrons. The molecule has 1 heterocycles. The second-order valence-corrected chi connectivity index (χ2v) is 4.94. The van der Waals surface area contributed by atoms with Gasteiger partial charge in [0.2, 0.25) is 0 Å². The third-order valence-corrected chi connectivity index (χ3v) is 2.43. The first-order valence-electron chi connectivity index (χ1n) is 4.30. The van der Waals surface area contributed by atoms with Gasteiger partial charge in [0.05, 0.1) is 12.3 Å². The first-order valence-corrected chi connectivity index (χ1v) is 5.18. The van der Waals surface area contributed by atoms with Crippen LogP contribution in [0, 0.1) is 0 Å². The van der Waals surface area contributed by atoms with E-state index >= 15 is 0 Å². The van der Waals surface area contributed by atoms with Crippen molar-refractivity contribution in [2.75, 3.05) is 0 Å². The van der Waals surface area contributed by atoms with Crippen LogP contribution in [0.25, 0.3) is 0 Å². The van der Waals surface area contributed by atoms with E-state index in [0.717, 1.165) is 17.2 Å². The minimum atomic E-state index is 0.0337. The highest BCUT2D eigenvalue weighted by atomic mass is 32.1. The Bertz CT molecular complexity index is 265. The van der Waals surface area contributed by atoms with Gasteiger partial charge in [0.1, 0.15) is 5.01 Å². The highest BCUT2D eigenvalue weighted by Crippen LogP contribution is 2.10. The van der Waals surface area contributed by atoms with E-state index in [9.17, 15) is 0 Å². The molecule has 0 saturated carbocycles. The van der Waals surface area contributed by atoms with Crippen LogP contribution in [0.5, 0.6) is 0 Å². The molecule has 0 aliphatic carbocycles. The number of nitrogens with zero attached hydrogens (tertiary/aromatic N) is 1. The maximum Gasteiger partial charge on any atom is 0.107 e. The zero-order valence-corrected chi connectivity index (χ0v) is 9.11. The molecule has 0 unspecified atom stereocenters. The lowest BCUT2D eigenvalue weighted by Gasteiger charge is -2.19. The van der Waals surface area contributed by atoms with Gasteiger partial charge < -0.3 is 10.4 Å². The van der Waals surface area contributed by atoms with Crippen molar-refractivity contribution in [3.8, 4) is 0 Å². The average Bonchev–Trinajstić information content (AvgIpc) is 2.47. The lowest BCUT2D eigenvalue weighted by molar-refractivity contribution is 0.277. The van der Waals surface area contributed by atoms with Crippen molar-refractivity contribution in [2.45, 2.75) is 39.5 Å². The molecule has 1 aromatic heterocycles. The summed E-state index contributed by atoms with van der Waals surface area (Å²) in [7, 11) is 0. The zero-order valence-electron chi connectivity index (χ0n) is 8.29. The van der Waals surface area contributed by atoms with E-state index in [4.69, 9.17) is 5.11 Å².